The highest BCUT2D eigenvalue weighted by Gasteiger charge is 2.30. The van der Waals surface area contributed by atoms with Crippen molar-refractivity contribution in [3.8, 4) is 0 Å². The molecule has 2 rings (SSSR count). The van der Waals surface area contributed by atoms with Gasteiger partial charge in [0.2, 0.25) is 9.84 Å². The Morgan fingerprint density at radius 3 is 2.45 bits per heavy atom. The van der Waals surface area contributed by atoms with Crippen molar-refractivity contribution in [2.45, 2.75) is 4.90 Å². The number of nitrogens with zero attached hydrogens (tertiary/aromatic N) is 1. The van der Waals surface area contributed by atoms with E-state index < -0.39 is 9.84 Å². The Balaban J connectivity index is 2.31. The minimum atomic E-state index is -3.43. The predicted molar refractivity (Wildman–Crippen MR) is 83.4 cm³/mol. The number of benzene rings is 1. The maximum absolute atomic E-state index is 12.5. The van der Waals surface area contributed by atoms with Crippen LogP contribution in [0.5, 0.6) is 0 Å². The molecule has 1 aliphatic heterocycles. The van der Waals surface area contributed by atoms with Crippen LogP contribution in [0.2, 0.25) is 5.02 Å². The van der Waals surface area contributed by atoms with Gasteiger partial charge in [-0.15, -0.1) is 13.2 Å². The second kappa shape index (κ2) is 5.95. The fourth-order valence-corrected chi connectivity index (χ4v) is 4.05. The van der Waals surface area contributed by atoms with Crippen LogP contribution in [0.4, 0.5) is 0 Å². The molecule has 0 atom stereocenters. The summed E-state index contributed by atoms with van der Waals surface area (Å²) in [6, 6.07) is 4.93. The van der Waals surface area contributed by atoms with Gasteiger partial charge in [-0.25, -0.2) is 8.42 Å². The van der Waals surface area contributed by atoms with E-state index in [-0.39, 0.29) is 4.90 Å². The van der Waals surface area contributed by atoms with Gasteiger partial charge < -0.3 is 0 Å². The summed E-state index contributed by atoms with van der Waals surface area (Å²) < 4.78 is 25.0. The average molecular weight is 310 g/mol. The normalized spacial score (nSPS) is 15.8. The number of rotatable bonds is 6. The molecule has 1 aromatic carbocycles. The minimum absolute atomic E-state index is 0.289. The van der Waals surface area contributed by atoms with Gasteiger partial charge in [0.1, 0.15) is 0 Å². The highest BCUT2D eigenvalue weighted by atomic mass is 35.5. The van der Waals surface area contributed by atoms with Crippen molar-refractivity contribution in [3.63, 3.8) is 0 Å². The molecule has 3 nitrogen and oxygen atoms in total. The van der Waals surface area contributed by atoms with Crippen LogP contribution in [-0.2, 0) is 9.84 Å². The first-order valence-corrected chi connectivity index (χ1v) is 8.04. The summed E-state index contributed by atoms with van der Waals surface area (Å²) in [5.41, 5.74) is 0.696. The molecule has 0 fully saturated rings. The summed E-state index contributed by atoms with van der Waals surface area (Å²) in [5.74, 6) is 0. The van der Waals surface area contributed by atoms with Crippen LogP contribution < -0.4 is 0 Å². The van der Waals surface area contributed by atoms with Crippen LogP contribution in [0, 0.1) is 0 Å². The lowest BCUT2D eigenvalue weighted by Gasteiger charge is -2.18. The van der Waals surface area contributed by atoms with Gasteiger partial charge in [-0.1, -0.05) is 29.8 Å². The van der Waals surface area contributed by atoms with E-state index in [0.29, 0.717) is 35.1 Å². The molecule has 0 radical (unpaired) electrons. The second-order valence-electron chi connectivity index (χ2n) is 4.57. The molecule has 0 aromatic heterocycles. The Morgan fingerprint density at radius 1 is 1.20 bits per heavy atom. The van der Waals surface area contributed by atoms with E-state index in [1.807, 2.05) is 4.90 Å². The molecule has 0 aliphatic carbocycles. The smallest absolute Gasteiger partial charge is 0.204 e. The first kappa shape index (κ1) is 15.0. The van der Waals surface area contributed by atoms with Gasteiger partial charge in [0.25, 0.3) is 0 Å². The summed E-state index contributed by atoms with van der Waals surface area (Å²) >= 11 is 5.88. The molecule has 106 valence electrons. The van der Waals surface area contributed by atoms with E-state index >= 15 is 0 Å². The van der Waals surface area contributed by atoms with Crippen LogP contribution in [0.1, 0.15) is 5.56 Å². The van der Waals surface area contributed by atoms with Gasteiger partial charge in [-0.05, 0) is 23.8 Å². The molecular weight excluding hydrogens is 294 g/mol. The molecule has 1 aromatic rings. The number of fused-ring (bicyclic) bond motifs is 1. The van der Waals surface area contributed by atoms with Gasteiger partial charge in [-0.2, -0.15) is 0 Å². The standard InChI is InChI=1S/C15H16ClNO2S/c1-3-7-17(8-4-2)11-14-9-12-5-6-13(16)10-15(12)20(14,18)19/h3-6,9-10H,1-2,7-8,11H2. The topological polar surface area (TPSA) is 37.4 Å². The van der Waals surface area contributed by atoms with E-state index in [2.05, 4.69) is 13.2 Å². The van der Waals surface area contributed by atoms with E-state index in [4.69, 9.17) is 11.6 Å². The molecule has 0 saturated carbocycles. The fourth-order valence-electron chi connectivity index (χ4n) is 2.17. The van der Waals surface area contributed by atoms with Crippen molar-refractivity contribution in [2.75, 3.05) is 19.6 Å². The molecule has 0 spiro atoms. The summed E-state index contributed by atoms with van der Waals surface area (Å²) in [4.78, 5) is 2.63. The Bertz CT molecular complexity index is 667. The Hall–Kier alpha value is -1.36. The van der Waals surface area contributed by atoms with Gasteiger partial charge in [0, 0.05) is 24.7 Å². The highest BCUT2D eigenvalue weighted by molar-refractivity contribution is 7.95. The molecule has 20 heavy (non-hydrogen) atoms. The lowest BCUT2D eigenvalue weighted by atomic mass is 10.2. The van der Waals surface area contributed by atoms with Gasteiger partial charge in [0.05, 0.1) is 9.80 Å². The van der Waals surface area contributed by atoms with Crippen LogP contribution in [-0.4, -0.2) is 33.0 Å². The minimum Gasteiger partial charge on any atom is -0.291 e. The monoisotopic (exact) mass is 309 g/mol. The summed E-state index contributed by atoms with van der Waals surface area (Å²) in [6.07, 6.45) is 5.20. The summed E-state index contributed by atoms with van der Waals surface area (Å²) in [5, 5.41) is 0.427. The van der Waals surface area contributed by atoms with Crippen molar-refractivity contribution in [3.05, 3.63) is 59.0 Å². The zero-order chi connectivity index (χ0) is 14.8. The Morgan fingerprint density at radius 2 is 1.85 bits per heavy atom. The van der Waals surface area contributed by atoms with Crippen molar-refractivity contribution >= 4 is 27.5 Å². The molecule has 0 bridgehead atoms. The second-order valence-corrected chi connectivity index (χ2v) is 6.98. The number of hydrogen-bond acceptors (Lipinski definition) is 3. The van der Waals surface area contributed by atoms with Crippen molar-refractivity contribution in [1.82, 2.24) is 4.90 Å². The summed E-state index contributed by atoms with van der Waals surface area (Å²) in [6.45, 7) is 8.92. The fraction of sp³-hybridized carbons (Fsp3) is 0.200. The SMILES string of the molecule is C=CCN(CC=C)CC1=Cc2ccc(Cl)cc2S1(=O)=O. The molecular formula is C15H16ClNO2S. The van der Waals surface area contributed by atoms with Crippen molar-refractivity contribution < 1.29 is 8.42 Å². The van der Waals surface area contributed by atoms with Gasteiger partial charge in [-0.3, -0.25) is 4.90 Å². The third-order valence-corrected chi connectivity index (χ3v) is 5.19. The Kier molecular flexibility index (Phi) is 4.48. The maximum Gasteiger partial charge on any atom is 0.204 e. The van der Waals surface area contributed by atoms with Gasteiger partial charge >= 0.3 is 0 Å². The molecule has 0 unspecified atom stereocenters. The van der Waals surface area contributed by atoms with Crippen LogP contribution in [0.25, 0.3) is 6.08 Å². The molecule has 0 saturated heterocycles. The number of sulfone groups is 1. The first-order chi connectivity index (χ1) is 9.48. The van der Waals surface area contributed by atoms with Crippen LogP contribution in [0.15, 0.2) is 53.3 Å². The van der Waals surface area contributed by atoms with E-state index in [1.54, 1.807) is 30.4 Å². The molecule has 5 heteroatoms. The third-order valence-electron chi connectivity index (χ3n) is 3.08. The highest BCUT2D eigenvalue weighted by Crippen LogP contribution is 2.34. The lowest BCUT2D eigenvalue weighted by Crippen LogP contribution is -2.27. The van der Waals surface area contributed by atoms with E-state index in [9.17, 15) is 8.42 Å². The first-order valence-electron chi connectivity index (χ1n) is 6.18. The number of hydrogen-bond donors (Lipinski definition) is 0. The molecule has 0 amide bonds. The van der Waals surface area contributed by atoms with E-state index in [1.165, 1.54) is 6.07 Å². The quantitative estimate of drug-likeness (QED) is 0.758. The van der Waals surface area contributed by atoms with Crippen LogP contribution >= 0.6 is 11.6 Å². The van der Waals surface area contributed by atoms with Crippen molar-refractivity contribution in [2.24, 2.45) is 0 Å². The summed E-state index contributed by atoms with van der Waals surface area (Å²) in [7, 11) is -3.43. The predicted octanol–water partition coefficient (Wildman–Crippen LogP) is 3.14. The van der Waals surface area contributed by atoms with E-state index in [0.717, 1.165) is 0 Å². The largest absolute Gasteiger partial charge is 0.291 e. The molecule has 0 N–H and O–H groups in total. The Labute approximate surface area is 124 Å². The average Bonchev–Trinajstić information content (AvgIpc) is 2.62. The molecule has 1 heterocycles. The van der Waals surface area contributed by atoms with Gasteiger partial charge in [0.15, 0.2) is 0 Å². The lowest BCUT2D eigenvalue weighted by molar-refractivity contribution is 0.370. The third kappa shape index (κ3) is 2.87. The zero-order valence-corrected chi connectivity index (χ0v) is 12.6. The zero-order valence-electron chi connectivity index (χ0n) is 11.0. The molecule has 1 aliphatic rings. The van der Waals surface area contributed by atoms with Crippen molar-refractivity contribution in [1.29, 1.82) is 0 Å². The van der Waals surface area contributed by atoms with Crippen LogP contribution in [0.3, 0.4) is 0 Å². The number of halogens is 1. The maximum atomic E-state index is 12.5.